The summed E-state index contributed by atoms with van der Waals surface area (Å²) in [6.07, 6.45) is 1.56. The van der Waals surface area contributed by atoms with E-state index in [1.54, 1.807) is 30.3 Å². The van der Waals surface area contributed by atoms with Crippen molar-refractivity contribution in [1.29, 1.82) is 5.26 Å². The minimum atomic E-state index is -0.827. The second-order valence-corrected chi connectivity index (χ2v) is 6.56. The number of aliphatic carboxylic acids is 1. The molecule has 7 heteroatoms. The number of carboxylic acid groups (broad SMARTS) is 1. The number of benzene rings is 1. The van der Waals surface area contributed by atoms with E-state index >= 15 is 0 Å². The number of nitriles is 1. The van der Waals surface area contributed by atoms with Gasteiger partial charge in [-0.2, -0.15) is 5.26 Å². The lowest BCUT2D eigenvalue weighted by Crippen LogP contribution is -2.36. The van der Waals surface area contributed by atoms with Crippen LogP contribution in [0.2, 0.25) is 0 Å². The third-order valence-electron chi connectivity index (χ3n) is 4.66. The van der Waals surface area contributed by atoms with Crippen LogP contribution >= 0.6 is 0 Å². The second-order valence-electron chi connectivity index (χ2n) is 6.56. The number of hydrogen-bond acceptors (Lipinski definition) is 5. The summed E-state index contributed by atoms with van der Waals surface area (Å²) in [6, 6.07) is 12.0. The van der Waals surface area contributed by atoms with Gasteiger partial charge in [-0.25, -0.2) is 9.37 Å². The fourth-order valence-electron chi connectivity index (χ4n) is 3.17. The first kappa shape index (κ1) is 18.8. The van der Waals surface area contributed by atoms with Crippen molar-refractivity contribution in [3.8, 4) is 11.9 Å². The van der Waals surface area contributed by atoms with Crippen LogP contribution in [0.25, 0.3) is 0 Å². The molecule has 1 aromatic heterocycles. The topological polar surface area (TPSA) is 86.5 Å². The lowest BCUT2D eigenvalue weighted by Gasteiger charge is -2.30. The predicted octanol–water partition coefficient (Wildman–Crippen LogP) is 2.94. The van der Waals surface area contributed by atoms with E-state index in [0.717, 1.165) is 24.1 Å². The molecule has 3 rings (SSSR count). The van der Waals surface area contributed by atoms with Crippen LogP contribution in [-0.2, 0) is 11.4 Å². The predicted molar refractivity (Wildman–Crippen MR) is 95.7 cm³/mol. The maximum atomic E-state index is 14.1. The zero-order valence-corrected chi connectivity index (χ0v) is 14.8. The van der Waals surface area contributed by atoms with Crippen molar-refractivity contribution in [3.05, 3.63) is 59.0 Å². The first-order chi connectivity index (χ1) is 13.0. The number of piperidine rings is 1. The van der Waals surface area contributed by atoms with Gasteiger partial charge in [0.2, 0.25) is 0 Å². The Morgan fingerprint density at radius 1 is 1.26 bits per heavy atom. The summed E-state index contributed by atoms with van der Waals surface area (Å²) < 4.78 is 19.6. The maximum Gasteiger partial charge on any atom is 0.317 e. The number of carboxylic acids is 1. The van der Waals surface area contributed by atoms with Gasteiger partial charge in [-0.1, -0.05) is 12.1 Å². The lowest BCUT2D eigenvalue weighted by atomic mass is 9.93. The van der Waals surface area contributed by atoms with Crippen molar-refractivity contribution < 1.29 is 19.0 Å². The SMILES string of the molecule is N#Cc1ccc(COc2nc(C3CCN(CC(=O)O)CC3)ccc2F)cc1. The zero-order valence-electron chi connectivity index (χ0n) is 14.8. The molecule has 0 amide bonds. The van der Waals surface area contributed by atoms with Crippen molar-refractivity contribution in [1.82, 2.24) is 9.88 Å². The number of rotatable bonds is 6. The van der Waals surface area contributed by atoms with Gasteiger partial charge in [-0.15, -0.1) is 0 Å². The summed E-state index contributed by atoms with van der Waals surface area (Å²) >= 11 is 0. The fourth-order valence-corrected chi connectivity index (χ4v) is 3.17. The molecular formula is C20H20FN3O3. The van der Waals surface area contributed by atoms with E-state index < -0.39 is 11.8 Å². The first-order valence-corrected chi connectivity index (χ1v) is 8.77. The Morgan fingerprint density at radius 2 is 1.96 bits per heavy atom. The van der Waals surface area contributed by atoms with E-state index in [0.29, 0.717) is 18.7 Å². The molecule has 1 aromatic carbocycles. The van der Waals surface area contributed by atoms with E-state index in [1.165, 1.54) is 6.07 Å². The monoisotopic (exact) mass is 369 g/mol. The summed E-state index contributed by atoms with van der Waals surface area (Å²) in [5, 5.41) is 17.7. The quantitative estimate of drug-likeness (QED) is 0.842. The molecule has 1 saturated heterocycles. The molecule has 1 aliphatic rings. The number of likely N-dealkylation sites (tertiary alicyclic amines) is 1. The molecule has 0 atom stereocenters. The van der Waals surface area contributed by atoms with Crippen molar-refractivity contribution >= 4 is 5.97 Å². The molecule has 1 fully saturated rings. The number of aromatic nitrogens is 1. The highest BCUT2D eigenvalue weighted by molar-refractivity contribution is 5.69. The summed E-state index contributed by atoms with van der Waals surface area (Å²) in [7, 11) is 0. The Labute approximate surface area is 156 Å². The molecule has 0 bridgehead atoms. The van der Waals surface area contributed by atoms with Crippen LogP contribution in [0.5, 0.6) is 5.88 Å². The molecule has 0 radical (unpaired) electrons. The number of ether oxygens (including phenoxy) is 1. The Kier molecular flexibility index (Phi) is 5.99. The third kappa shape index (κ3) is 5.02. The van der Waals surface area contributed by atoms with E-state index in [9.17, 15) is 9.18 Å². The van der Waals surface area contributed by atoms with Gasteiger partial charge in [0.05, 0.1) is 18.2 Å². The van der Waals surface area contributed by atoms with E-state index in [2.05, 4.69) is 4.98 Å². The second kappa shape index (κ2) is 8.60. The molecular weight excluding hydrogens is 349 g/mol. The lowest BCUT2D eigenvalue weighted by molar-refractivity contribution is -0.138. The van der Waals surface area contributed by atoms with Crippen LogP contribution in [0, 0.1) is 17.1 Å². The average molecular weight is 369 g/mol. The molecule has 27 heavy (non-hydrogen) atoms. The van der Waals surface area contributed by atoms with Crippen LogP contribution in [-0.4, -0.2) is 40.6 Å². The van der Waals surface area contributed by atoms with Gasteiger partial charge in [0.1, 0.15) is 6.61 Å². The molecule has 0 aliphatic carbocycles. The molecule has 0 saturated carbocycles. The van der Waals surface area contributed by atoms with Gasteiger partial charge in [-0.05, 0) is 55.8 Å². The van der Waals surface area contributed by atoms with E-state index in [4.69, 9.17) is 15.1 Å². The number of pyridine rings is 1. The van der Waals surface area contributed by atoms with Gasteiger partial charge in [0.25, 0.3) is 5.88 Å². The average Bonchev–Trinajstić information content (AvgIpc) is 2.68. The highest BCUT2D eigenvalue weighted by Crippen LogP contribution is 2.29. The van der Waals surface area contributed by atoms with Gasteiger partial charge in [0.15, 0.2) is 5.82 Å². The van der Waals surface area contributed by atoms with Gasteiger partial charge >= 0.3 is 5.97 Å². The molecule has 0 spiro atoms. The van der Waals surface area contributed by atoms with Crippen molar-refractivity contribution in [2.75, 3.05) is 19.6 Å². The summed E-state index contributed by atoms with van der Waals surface area (Å²) in [6.45, 7) is 1.56. The summed E-state index contributed by atoms with van der Waals surface area (Å²) in [4.78, 5) is 17.0. The normalized spacial score (nSPS) is 15.3. The highest BCUT2D eigenvalue weighted by atomic mass is 19.1. The highest BCUT2D eigenvalue weighted by Gasteiger charge is 2.23. The minimum absolute atomic E-state index is 0.0372. The summed E-state index contributed by atoms with van der Waals surface area (Å²) in [5.74, 6) is -1.22. The Morgan fingerprint density at radius 3 is 2.59 bits per heavy atom. The molecule has 1 N–H and O–H groups in total. The number of halogens is 1. The fraction of sp³-hybridized carbons (Fsp3) is 0.350. The van der Waals surface area contributed by atoms with Crippen LogP contribution in [0.1, 0.15) is 35.6 Å². The Bertz CT molecular complexity index is 841. The maximum absolute atomic E-state index is 14.1. The third-order valence-corrected chi connectivity index (χ3v) is 4.66. The van der Waals surface area contributed by atoms with Crippen LogP contribution < -0.4 is 4.74 Å². The van der Waals surface area contributed by atoms with E-state index in [1.807, 2.05) is 11.0 Å². The van der Waals surface area contributed by atoms with Gasteiger partial charge < -0.3 is 9.84 Å². The summed E-state index contributed by atoms with van der Waals surface area (Å²) in [5.41, 5.74) is 2.14. The van der Waals surface area contributed by atoms with Crippen molar-refractivity contribution in [2.45, 2.75) is 25.4 Å². The smallest absolute Gasteiger partial charge is 0.317 e. The molecule has 0 unspecified atom stereocenters. The van der Waals surface area contributed by atoms with Crippen molar-refractivity contribution in [2.24, 2.45) is 0 Å². The molecule has 2 heterocycles. The zero-order chi connectivity index (χ0) is 19.2. The largest absolute Gasteiger partial charge is 0.480 e. The van der Waals surface area contributed by atoms with Gasteiger partial charge in [-0.3, -0.25) is 9.69 Å². The number of carbonyl (C=O) groups is 1. The standard InChI is InChI=1S/C20H20FN3O3/c21-17-5-6-18(16-7-9-24(10-8-16)12-19(25)26)23-20(17)27-13-15-3-1-14(11-22)2-4-15/h1-6,16H,7-10,12-13H2,(H,25,26). The minimum Gasteiger partial charge on any atom is -0.480 e. The van der Waals surface area contributed by atoms with Crippen LogP contribution in [0.3, 0.4) is 0 Å². The van der Waals surface area contributed by atoms with E-state index in [-0.39, 0.29) is 24.9 Å². The van der Waals surface area contributed by atoms with Crippen molar-refractivity contribution in [3.63, 3.8) is 0 Å². The first-order valence-electron chi connectivity index (χ1n) is 8.77. The Balaban J connectivity index is 1.62. The number of nitrogens with zero attached hydrogens (tertiary/aromatic N) is 3. The van der Waals surface area contributed by atoms with Crippen LogP contribution in [0.15, 0.2) is 36.4 Å². The Hall–Kier alpha value is -2.98. The number of hydrogen-bond donors (Lipinski definition) is 1. The molecule has 1 aliphatic heterocycles. The van der Waals surface area contributed by atoms with Crippen LogP contribution in [0.4, 0.5) is 4.39 Å². The molecule has 2 aromatic rings. The molecule has 6 nitrogen and oxygen atoms in total. The molecule has 140 valence electrons. The van der Waals surface area contributed by atoms with Gasteiger partial charge in [0, 0.05) is 11.6 Å².